The zero-order valence-electron chi connectivity index (χ0n) is 10.3. The van der Waals surface area contributed by atoms with Crippen LogP contribution in [-0.4, -0.2) is 27.3 Å². The lowest BCUT2D eigenvalue weighted by Crippen LogP contribution is -2.36. The molecule has 5 nitrogen and oxygen atoms in total. The van der Waals surface area contributed by atoms with E-state index in [-0.39, 0.29) is 17.2 Å². The molecular formula is C14H13N3O2. The number of carbonyl (C=O) groups is 1. The maximum Gasteiger partial charge on any atom is 0.274 e. The van der Waals surface area contributed by atoms with E-state index in [4.69, 9.17) is 0 Å². The fourth-order valence-electron chi connectivity index (χ4n) is 2.29. The number of hydrogen-bond acceptors (Lipinski definition) is 3. The van der Waals surface area contributed by atoms with E-state index in [1.807, 2.05) is 18.2 Å². The van der Waals surface area contributed by atoms with Gasteiger partial charge in [-0.2, -0.15) is 0 Å². The van der Waals surface area contributed by atoms with Crippen LogP contribution in [0.4, 0.5) is 0 Å². The Bertz CT molecular complexity index is 658. The number of aromatic amines is 1. The number of benzene rings is 1. The Hall–Kier alpha value is -2.43. The van der Waals surface area contributed by atoms with Crippen molar-refractivity contribution in [1.82, 2.24) is 14.9 Å². The van der Waals surface area contributed by atoms with Gasteiger partial charge in [0.1, 0.15) is 5.69 Å². The summed E-state index contributed by atoms with van der Waals surface area (Å²) >= 11 is 0. The number of H-pyrrole nitrogens is 1. The Kier molecular flexibility index (Phi) is 2.87. The number of rotatable bonds is 1. The van der Waals surface area contributed by atoms with Crippen molar-refractivity contribution in [2.75, 3.05) is 6.54 Å². The minimum atomic E-state index is -0.305. The number of nitrogens with one attached hydrogen (secondary N) is 1. The molecule has 5 heteroatoms. The van der Waals surface area contributed by atoms with Gasteiger partial charge in [0.2, 0.25) is 0 Å². The molecule has 1 aromatic carbocycles. The molecule has 2 aromatic rings. The van der Waals surface area contributed by atoms with Crippen molar-refractivity contribution in [2.24, 2.45) is 0 Å². The number of amides is 1. The van der Waals surface area contributed by atoms with Gasteiger partial charge in [0.05, 0.1) is 6.20 Å². The normalized spacial score (nSPS) is 14.0. The first-order chi connectivity index (χ1) is 9.24. The van der Waals surface area contributed by atoms with E-state index in [9.17, 15) is 9.59 Å². The highest BCUT2D eigenvalue weighted by atomic mass is 16.2. The Morgan fingerprint density at radius 3 is 2.79 bits per heavy atom. The zero-order valence-corrected chi connectivity index (χ0v) is 10.3. The predicted molar refractivity (Wildman–Crippen MR) is 69.7 cm³/mol. The molecule has 19 heavy (non-hydrogen) atoms. The molecule has 0 spiro atoms. The largest absolute Gasteiger partial charge is 0.333 e. The highest BCUT2D eigenvalue weighted by Crippen LogP contribution is 2.19. The summed E-state index contributed by atoms with van der Waals surface area (Å²) in [4.78, 5) is 31.3. The predicted octanol–water partition coefficient (Wildman–Crippen LogP) is 0.968. The van der Waals surface area contributed by atoms with Gasteiger partial charge in [-0.25, -0.2) is 4.98 Å². The molecule has 0 atom stereocenters. The number of carbonyl (C=O) groups excluding carboxylic acids is 1. The first-order valence-electron chi connectivity index (χ1n) is 6.15. The van der Waals surface area contributed by atoms with Crippen LogP contribution in [0.3, 0.4) is 0 Å². The van der Waals surface area contributed by atoms with Gasteiger partial charge in [-0.15, -0.1) is 0 Å². The summed E-state index contributed by atoms with van der Waals surface area (Å²) in [5.41, 5.74) is 2.44. The van der Waals surface area contributed by atoms with Crippen molar-refractivity contribution in [3.05, 3.63) is 63.8 Å². The summed E-state index contributed by atoms with van der Waals surface area (Å²) < 4.78 is 0. The molecule has 0 unspecified atom stereocenters. The molecule has 2 heterocycles. The van der Waals surface area contributed by atoms with Crippen molar-refractivity contribution in [2.45, 2.75) is 13.0 Å². The molecule has 0 bridgehead atoms. The van der Waals surface area contributed by atoms with Crippen molar-refractivity contribution in [3.8, 4) is 0 Å². The summed E-state index contributed by atoms with van der Waals surface area (Å²) in [7, 11) is 0. The van der Waals surface area contributed by atoms with Crippen LogP contribution in [0.1, 0.15) is 21.6 Å². The molecule has 96 valence electrons. The lowest BCUT2D eigenvalue weighted by atomic mass is 10.00. The van der Waals surface area contributed by atoms with E-state index in [1.165, 1.54) is 17.3 Å². The molecule has 0 fully saturated rings. The molecule has 1 amide bonds. The molecule has 0 saturated heterocycles. The van der Waals surface area contributed by atoms with Gasteiger partial charge < -0.3 is 9.88 Å². The van der Waals surface area contributed by atoms with Crippen LogP contribution in [0.25, 0.3) is 0 Å². The van der Waals surface area contributed by atoms with Gasteiger partial charge in [0.25, 0.3) is 11.5 Å². The van der Waals surface area contributed by atoms with Gasteiger partial charge in [0.15, 0.2) is 0 Å². The Balaban J connectivity index is 1.83. The quantitative estimate of drug-likeness (QED) is 0.825. The standard InChI is InChI=1S/C14H13N3O2/c18-13-8-15-12(7-16-13)14(19)17-6-5-10-3-1-2-4-11(10)9-17/h1-4,7-8H,5-6,9H2,(H,16,18). The number of hydrogen-bond donors (Lipinski definition) is 1. The second-order valence-electron chi connectivity index (χ2n) is 4.54. The van der Waals surface area contributed by atoms with Crippen LogP contribution in [0, 0.1) is 0 Å². The molecule has 1 aromatic heterocycles. The average Bonchev–Trinajstić information content (AvgIpc) is 2.47. The van der Waals surface area contributed by atoms with Crippen LogP contribution in [0.2, 0.25) is 0 Å². The molecule has 1 N–H and O–H groups in total. The third kappa shape index (κ3) is 2.27. The van der Waals surface area contributed by atoms with E-state index in [2.05, 4.69) is 16.0 Å². The molecular weight excluding hydrogens is 242 g/mol. The van der Waals surface area contributed by atoms with Crippen LogP contribution in [-0.2, 0) is 13.0 Å². The van der Waals surface area contributed by atoms with Crippen molar-refractivity contribution < 1.29 is 4.79 Å². The van der Waals surface area contributed by atoms with Crippen LogP contribution >= 0.6 is 0 Å². The lowest BCUT2D eigenvalue weighted by Gasteiger charge is -2.28. The number of aromatic nitrogens is 2. The smallest absolute Gasteiger partial charge is 0.274 e. The molecule has 0 aliphatic carbocycles. The molecule has 0 saturated carbocycles. The van der Waals surface area contributed by atoms with Gasteiger partial charge in [-0.1, -0.05) is 24.3 Å². The molecule has 1 aliphatic rings. The van der Waals surface area contributed by atoms with E-state index < -0.39 is 0 Å². The Morgan fingerprint density at radius 1 is 1.26 bits per heavy atom. The lowest BCUT2D eigenvalue weighted by molar-refractivity contribution is 0.0728. The van der Waals surface area contributed by atoms with Crippen LogP contribution < -0.4 is 5.56 Å². The minimum absolute atomic E-state index is 0.147. The van der Waals surface area contributed by atoms with E-state index in [0.717, 1.165) is 12.6 Å². The van der Waals surface area contributed by atoms with Gasteiger partial charge in [-0.3, -0.25) is 9.59 Å². The maximum atomic E-state index is 12.3. The van der Waals surface area contributed by atoms with Crippen LogP contribution in [0.5, 0.6) is 0 Å². The van der Waals surface area contributed by atoms with E-state index in [1.54, 1.807) is 4.90 Å². The third-order valence-electron chi connectivity index (χ3n) is 3.31. The first-order valence-corrected chi connectivity index (χ1v) is 6.15. The zero-order chi connectivity index (χ0) is 13.2. The number of nitrogens with zero attached hydrogens (tertiary/aromatic N) is 2. The SMILES string of the molecule is O=C(c1c[nH]c(=O)cn1)N1CCc2ccccc2C1. The Morgan fingerprint density at radius 2 is 2.05 bits per heavy atom. The monoisotopic (exact) mass is 255 g/mol. The summed E-state index contributed by atoms with van der Waals surface area (Å²) in [6, 6.07) is 8.12. The summed E-state index contributed by atoms with van der Waals surface area (Å²) in [5.74, 6) is -0.147. The molecule has 1 aliphatic heterocycles. The summed E-state index contributed by atoms with van der Waals surface area (Å²) in [5, 5.41) is 0. The second kappa shape index (κ2) is 4.68. The van der Waals surface area contributed by atoms with Crippen molar-refractivity contribution in [3.63, 3.8) is 0 Å². The third-order valence-corrected chi connectivity index (χ3v) is 3.31. The van der Waals surface area contributed by atoms with Gasteiger partial charge in [-0.05, 0) is 17.5 Å². The second-order valence-corrected chi connectivity index (χ2v) is 4.54. The topological polar surface area (TPSA) is 66.1 Å². The number of fused-ring (bicyclic) bond motifs is 1. The fraction of sp³-hybridized carbons (Fsp3) is 0.214. The van der Waals surface area contributed by atoms with Gasteiger partial charge >= 0.3 is 0 Å². The summed E-state index contributed by atoms with van der Waals surface area (Å²) in [6.45, 7) is 1.27. The maximum absolute atomic E-state index is 12.3. The minimum Gasteiger partial charge on any atom is -0.333 e. The highest BCUT2D eigenvalue weighted by Gasteiger charge is 2.22. The van der Waals surface area contributed by atoms with E-state index in [0.29, 0.717) is 13.1 Å². The molecule has 3 rings (SSSR count). The summed E-state index contributed by atoms with van der Waals surface area (Å²) in [6.07, 6.45) is 3.35. The first kappa shape index (κ1) is 11.6. The van der Waals surface area contributed by atoms with Crippen molar-refractivity contribution >= 4 is 5.91 Å². The fourth-order valence-corrected chi connectivity index (χ4v) is 2.29. The molecule has 0 radical (unpaired) electrons. The van der Waals surface area contributed by atoms with E-state index >= 15 is 0 Å². The average molecular weight is 255 g/mol. The van der Waals surface area contributed by atoms with Crippen molar-refractivity contribution in [1.29, 1.82) is 0 Å². The Labute approximate surface area is 109 Å². The van der Waals surface area contributed by atoms with Crippen LogP contribution in [0.15, 0.2) is 41.5 Å². The highest BCUT2D eigenvalue weighted by molar-refractivity contribution is 5.92. The van der Waals surface area contributed by atoms with Gasteiger partial charge in [0, 0.05) is 19.3 Å².